The Morgan fingerprint density at radius 2 is 2.33 bits per heavy atom. The van der Waals surface area contributed by atoms with Crippen molar-refractivity contribution in [2.75, 3.05) is 13.1 Å². The molecule has 128 valence electrons. The average Bonchev–Trinajstić information content (AvgIpc) is 2.94. The van der Waals surface area contributed by atoms with E-state index in [1.807, 2.05) is 0 Å². The van der Waals surface area contributed by atoms with Crippen LogP contribution in [0.4, 0.5) is 10.1 Å². The number of halogens is 1. The summed E-state index contributed by atoms with van der Waals surface area (Å²) in [5.74, 6) is 1.03. The van der Waals surface area contributed by atoms with Gasteiger partial charge >= 0.3 is 0 Å². The summed E-state index contributed by atoms with van der Waals surface area (Å²) in [6.45, 7) is 3.53. The number of piperidine rings is 1. The van der Waals surface area contributed by atoms with Crippen LogP contribution in [0.2, 0.25) is 0 Å². The van der Waals surface area contributed by atoms with E-state index < -0.39 is 10.7 Å². The lowest BCUT2D eigenvalue weighted by Crippen LogP contribution is -2.36. The van der Waals surface area contributed by atoms with Gasteiger partial charge in [-0.05, 0) is 31.4 Å². The Labute approximate surface area is 138 Å². The molecule has 8 heteroatoms. The van der Waals surface area contributed by atoms with Gasteiger partial charge in [-0.25, -0.2) is 4.39 Å². The van der Waals surface area contributed by atoms with Crippen molar-refractivity contribution >= 4 is 5.69 Å². The molecule has 2 heterocycles. The van der Waals surface area contributed by atoms with Gasteiger partial charge in [0.25, 0.3) is 5.69 Å². The van der Waals surface area contributed by atoms with Crippen LogP contribution >= 0.6 is 0 Å². The van der Waals surface area contributed by atoms with Gasteiger partial charge < -0.3 is 4.52 Å². The fourth-order valence-electron chi connectivity index (χ4n) is 3.24. The van der Waals surface area contributed by atoms with Crippen molar-refractivity contribution in [2.45, 2.75) is 32.7 Å². The standard InChI is InChI=1S/C16H19FN4O3/c1-11-18-16(19-24-11)8-12-4-3-7-20(9-12)10-13-14(17)5-2-6-15(13)21(22)23/h2,5-6,12H,3-4,7-10H2,1H3/t12-/m1/s1. The summed E-state index contributed by atoms with van der Waals surface area (Å²) in [5, 5.41) is 15.0. The van der Waals surface area contributed by atoms with Crippen LogP contribution in [-0.2, 0) is 13.0 Å². The summed E-state index contributed by atoms with van der Waals surface area (Å²) >= 11 is 0. The Balaban J connectivity index is 1.68. The number of likely N-dealkylation sites (tertiary alicyclic amines) is 1. The Bertz CT molecular complexity index is 734. The first kappa shape index (κ1) is 16.5. The van der Waals surface area contributed by atoms with E-state index in [1.54, 1.807) is 6.92 Å². The van der Waals surface area contributed by atoms with Gasteiger partial charge in [-0.3, -0.25) is 15.0 Å². The molecule has 1 fully saturated rings. The summed E-state index contributed by atoms with van der Waals surface area (Å²) in [6.07, 6.45) is 2.69. The van der Waals surface area contributed by atoms with Crippen molar-refractivity contribution < 1.29 is 13.8 Å². The van der Waals surface area contributed by atoms with Gasteiger partial charge in [0.2, 0.25) is 5.89 Å². The maximum atomic E-state index is 14.0. The predicted octanol–water partition coefficient (Wildman–Crippen LogP) is 2.88. The monoisotopic (exact) mass is 334 g/mol. The number of rotatable bonds is 5. The highest BCUT2D eigenvalue weighted by Gasteiger charge is 2.25. The predicted molar refractivity (Wildman–Crippen MR) is 83.8 cm³/mol. The smallest absolute Gasteiger partial charge is 0.276 e. The van der Waals surface area contributed by atoms with Gasteiger partial charge in [-0.2, -0.15) is 4.98 Å². The van der Waals surface area contributed by atoms with Gasteiger partial charge in [-0.15, -0.1) is 0 Å². The fourth-order valence-corrected chi connectivity index (χ4v) is 3.24. The first-order valence-electron chi connectivity index (χ1n) is 7.96. The van der Waals surface area contributed by atoms with E-state index >= 15 is 0 Å². The summed E-state index contributed by atoms with van der Waals surface area (Å²) < 4.78 is 19.0. The molecule has 1 aromatic heterocycles. The van der Waals surface area contributed by atoms with Crippen LogP contribution in [0.3, 0.4) is 0 Å². The molecule has 1 aliphatic heterocycles. The molecule has 0 radical (unpaired) electrons. The van der Waals surface area contributed by atoms with Crippen LogP contribution in [0.1, 0.15) is 30.1 Å². The van der Waals surface area contributed by atoms with Gasteiger partial charge in [-0.1, -0.05) is 11.2 Å². The SMILES string of the molecule is Cc1nc(C[C@H]2CCCN(Cc3c(F)cccc3[N+](=O)[O-])C2)no1. The number of aryl methyl sites for hydroxylation is 1. The van der Waals surface area contributed by atoms with E-state index in [1.165, 1.54) is 18.2 Å². The van der Waals surface area contributed by atoms with E-state index in [9.17, 15) is 14.5 Å². The summed E-state index contributed by atoms with van der Waals surface area (Å²) in [6, 6.07) is 3.99. The Morgan fingerprint density at radius 3 is 3.04 bits per heavy atom. The minimum Gasteiger partial charge on any atom is -0.340 e. The molecule has 1 aliphatic rings. The number of benzene rings is 1. The molecule has 0 saturated carbocycles. The molecule has 1 saturated heterocycles. The average molecular weight is 334 g/mol. The third-order valence-corrected chi connectivity index (χ3v) is 4.32. The lowest BCUT2D eigenvalue weighted by molar-refractivity contribution is -0.386. The van der Waals surface area contributed by atoms with Crippen LogP contribution in [-0.4, -0.2) is 33.1 Å². The van der Waals surface area contributed by atoms with Crippen molar-refractivity contribution in [3.05, 3.63) is 51.4 Å². The molecule has 7 nitrogen and oxygen atoms in total. The molecule has 3 rings (SSSR count). The van der Waals surface area contributed by atoms with Crippen LogP contribution in [0, 0.1) is 28.8 Å². The second-order valence-corrected chi connectivity index (χ2v) is 6.17. The van der Waals surface area contributed by atoms with Gasteiger partial charge in [0.05, 0.1) is 10.5 Å². The first-order valence-corrected chi connectivity index (χ1v) is 7.96. The minimum absolute atomic E-state index is 0.151. The minimum atomic E-state index is -0.528. The van der Waals surface area contributed by atoms with E-state index in [0.717, 1.165) is 25.9 Å². The van der Waals surface area contributed by atoms with Crippen LogP contribution < -0.4 is 0 Å². The molecule has 2 aromatic rings. The fraction of sp³-hybridized carbons (Fsp3) is 0.500. The van der Waals surface area contributed by atoms with Crippen LogP contribution in [0.15, 0.2) is 22.7 Å². The van der Waals surface area contributed by atoms with Gasteiger partial charge in [0.1, 0.15) is 5.82 Å². The highest BCUT2D eigenvalue weighted by molar-refractivity contribution is 5.40. The molecule has 0 spiro atoms. The van der Waals surface area contributed by atoms with E-state index in [0.29, 0.717) is 24.1 Å². The highest BCUT2D eigenvalue weighted by atomic mass is 19.1. The highest BCUT2D eigenvalue weighted by Crippen LogP contribution is 2.26. The van der Waals surface area contributed by atoms with Crippen LogP contribution in [0.5, 0.6) is 0 Å². The van der Waals surface area contributed by atoms with Gasteiger partial charge in [0, 0.05) is 32.5 Å². The number of nitrogens with zero attached hydrogens (tertiary/aromatic N) is 4. The maximum Gasteiger partial charge on any atom is 0.276 e. The Kier molecular flexibility index (Phi) is 4.84. The molecule has 0 amide bonds. The molecular weight excluding hydrogens is 315 g/mol. The quantitative estimate of drug-likeness (QED) is 0.617. The van der Waals surface area contributed by atoms with E-state index in [2.05, 4.69) is 15.0 Å². The molecular formula is C16H19FN4O3. The second kappa shape index (κ2) is 7.04. The molecule has 1 atom stereocenters. The normalized spacial score (nSPS) is 18.7. The van der Waals surface area contributed by atoms with Gasteiger partial charge in [0.15, 0.2) is 5.82 Å². The lowest BCUT2D eigenvalue weighted by Gasteiger charge is -2.32. The second-order valence-electron chi connectivity index (χ2n) is 6.17. The van der Waals surface area contributed by atoms with E-state index in [4.69, 9.17) is 4.52 Å². The van der Waals surface area contributed by atoms with Crippen molar-refractivity contribution in [1.29, 1.82) is 0 Å². The zero-order valence-corrected chi connectivity index (χ0v) is 13.4. The van der Waals surface area contributed by atoms with Crippen LogP contribution in [0.25, 0.3) is 0 Å². The summed E-state index contributed by atoms with van der Waals surface area (Å²) in [7, 11) is 0. The Hall–Kier alpha value is -2.35. The topological polar surface area (TPSA) is 85.3 Å². The lowest BCUT2D eigenvalue weighted by atomic mass is 9.94. The number of hydrogen-bond donors (Lipinski definition) is 0. The molecule has 0 aliphatic carbocycles. The van der Waals surface area contributed by atoms with Crippen molar-refractivity contribution in [3.63, 3.8) is 0 Å². The Morgan fingerprint density at radius 1 is 1.50 bits per heavy atom. The maximum absolute atomic E-state index is 14.0. The zero-order valence-electron chi connectivity index (χ0n) is 13.4. The summed E-state index contributed by atoms with van der Waals surface area (Å²) in [4.78, 5) is 16.9. The summed E-state index contributed by atoms with van der Waals surface area (Å²) in [5.41, 5.74) is -0.00975. The number of nitro groups is 1. The largest absolute Gasteiger partial charge is 0.340 e. The van der Waals surface area contributed by atoms with Crippen molar-refractivity contribution in [1.82, 2.24) is 15.0 Å². The zero-order chi connectivity index (χ0) is 17.1. The molecule has 24 heavy (non-hydrogen) atoms. The third-order valence-electron chi connectivity index (χ3n) is 4.32. The van der Waals surface area contributed by atoms with E-state index in [-0.39, 0.29) is 17.8 Å². The number of hydrogen-bond acceptors (Lipinski definition) is 6. The molecule has 0 bridgehead atoms. The number of nitro benzene ring substituents is 1. The third kappa shape index (κ3) is 3.76. The molecule has 0 unspecified atom stereocenters. The molecule has 1 aromatic carbocycles. The molecule has 0 N–H and O–H groups in total. The van der Waals surface area contributed by atoms with Crippen molar-refractivity contribution in [2.24, 2.45) is 5.92 Å². The number of aromatic nitrogens is 2. The first-order chi connectivity index (χ1) is 11.5. The van der Waals surface area contributed by atoms with Crippen molar-refractivity contribution in [3.8, 4) is 0 Å².